The number of nitriles is 1. The molecule has 1 saturated carbocycles. The molecular weight excluding hydrogens is 243 g/mol. The predicted octanol–water partition coefficient (Wildman–Crippen LogP) is 3.22. The van der Waals surface area contributed by atoms with Crippen molar-refractivity contribution in [1.29, 1.82) is 5.26 Å². The predicted molar refractivity (Wildman–Crippen MR) is 71.7 cm³/mol. The lowest BCUT2D eigenvalue weighted by Crippen LogP contribution is -2.28. The van der Waals surface area contributed by atoms with Crippen LogP contribution in [0.15, 0.2) is 12.1 Å². The van der Waals surface area contributed by atoms with Gasteiger partial charge >= 0.3 is 0 Å². The second-order valence-electron chi connectivity index (χ2n) is 5.01. The van der Waals surface area contributed by atoms with Crippen molar-refractivity contribution in [3.05, 3.63) is 29.1 Å². The fraction of sp³-hybridized carbons (Fsp3) is 0.467. The summed E-state index contributed by atoms with van der Waals surface area (Å²) in [6.45, 7) is 3.73. The Bertz CT molecular complexity index is 544. The number of carbonyl (C=O) groups excluding carboxylic acids is 1. The fourth-order valence-electron chi connectivity index (χ4n) is 2.24. The van der Waals surface area contributed by atoms with E-state index in [1.165, 1.54) is 13.0 Å². The third kappa shape index (κ3) is 2.93. The minimum Gasteiger partial charge on any atom is -0.367 e. The molecular formula is C15H17FN2O. The van der Waals surface area contributed by atoms with Crippen molar-refractivity contribution < 1.29 is 9.18 Å². The maximum absolute atomic E-state index is 13.6. The summed E-state index contributed by atoms with van der Waals surface area (Å²) in [4.78, 5) is 13.8. The number of Topliss-reactive ketones (excluding diaryl/α,β-unsaturated/α-hetero) is 1. The van der Waals surface area contributed by atoms with Gasteiger partial charge in [-0.25, -0.2) is 4.39 Å². The second-order valence-corrected chi connectivity index (χ2v) is 5.01. The molecule has 1 aromatic rings. The van der Waals surface area contributed by atoms with E-state index in [0.717, 1.165) is 18.5 Å². The van der Waals surface area contributed by atoms with Gasteiger partial charge in [0.05, 0.1) is 12.5 Å². The van der Waals surface area contributed by atoms with Crippen LogP contribution in [0, 0.1) is 24.1 Å². The minimum atomic E-state index is -0.356. The van der Waals surface area contributed by atoms with E-state index < -0.39 is 0 Å². The molecule has 4 heteroatoms. The first kappa shape index (κ1) is 13.5. The molecule has 0 N–H and O–H groups in total. The summed E-state index contributed by atoms with van der Waals surface area (Å²) >= 11 is 0. The Morgan fingerprint density at radius 3 is 2.74 bits per heavy atom. The van der Waals surface area contributed by atoms with Gasteiger partial charge < -0.3 is 4.90 Å². The lowest BCUT2D eigenvalue weighted by atomic mass is 10.0. The zero-order valence-corrected chi connectivity index (χ0v) is 11.2. The summed E-state index contributed by atoms with van der Waals surface area (Å²) in [6.07, 6.45) is 2.54. The third-order valence-corrected chi connectivity index (χ3v) is 3.42. The SMILES string of the molecule is CC(=O)c1cc(F)c(C)cc1N(CCC#N)C1CC1. The van der Waals surface area contributed by atoms with Gasteiger partial charge in [0.1, 0.15) is 5.82 Å². The number of hydrogen-bond acceptors (Lipinski definition) is 3. The van der Waals surface area contributed by atoms with E-state index in [2.05, 4.69) is 11.0 Å². The first-order chi connectivity index (χ1) is 9.04. The molecule has 0 amide bonds. The van der Waals surface area contributed by atoms with Gasteiger partial charge in [-0.1, -0.05) is 0 Å². The van der Waals surface area contributed by atoms with Crippen LogP contribution in [0.5, 0.6) is 0 Å². The number of benzene rings is 1. The number of anilines is 1. The van der Waals surface area contributed by atoms with Gasteiger partial charge in [-0.05, 0) is 44.4 Å². The van der Waals surface area contributed by atoms with Gasteiger partial charge in [-0.3, -0.25) is 4.79 Å². The van der Waals surface area contributed by atoms with Crippen molar-refractivity contribution in [3.63, 3.8) is 0 Å². The number of rotatable bonds is 5. The molecule has 0 saturated heterocycles. The van der Waals surface area contributed by atoms with Crippen molar-refractivity contribution in [2.75, 3.05) is 11.4 Å². The normalized spacial score (nSPS) is 14.0. The quantitative estimate of drug-likeness (QED) is 0.763. The van der Waals surface area contributed by atoms with Gasteiger partial charge in [0.15, 0.2) is 5.78 Å². The number of hydrogen-bond donors (Lipinski definition) is 0. The largest absolute Gasteiger partial charge is 0.367 e. The molecule has 0 spiro atoms. The van der Waals surface area contributed by atoms with E-state index in [-0.39, 0.29) is 11.6 Å². The Kier molecular flexibility index (Phi) is 3.84. The van der Waals surface area contributed by atoms with Crippen molar-refractivity contribution >= 4 is 11.5 Å². The van der Waals surface area contributed by atoms with E-state index >= 15 is 0 Å². The van der Waals surface area contributed by atoms with Gasteiger partial charge in [0, 0.05) is 23.8 Å². The molecule has 3 nitrogen and oxygen atoms in total. The van der Waals surface area contributed by atoms with E-state index in [4.69, 9.17) is 5.26 Å². The van der Waals surface area contributed by atoms with Crippen LogP contribution in [0.2, 0.25) is 0 Å². The van der Waals surface area contributed by atoms with Crippen LogP contribution in [-0.2, 0) is 0 Å². The second kappa shape index (κ2) is 5.40. The highest BCUT2D eigenvalue weighted by Crippen LogP contribution is 2.35. The monoisotopic (exact) mass is 260 g/mol. The number of aryl methyl sites for hydroxylation is 1. The summed E-state index contributed by atoms with van der Waals surface area (Å²) in [6, 6.07) is 5.55. The Morgan fingerprint density at radius 2 is 2.21 bits per heavy atom. The molecule has 0 bridgehead atoms. The van der Waals surface area contributed by atoms with Crippen molar-refractivity contribution in [2.24, 2.45) is 0 Å². The molecule has 1 fully saturated rings. The first-order valence-electron chi connectivity index (χ1n) is 6.49. The average molecular weight is 260 g/mol. The Hall–Kier alpha value is -1.89. The maximum Gasteiger partial charge on any atom is 0.161 e. The molecule has 0 aliphatic heterocycles. The molecule has 1 aliphatic rings. The number of carbonyl (C=O) groups is 1. The molecule has 0 unspecified atom stereocenters. The lowest BCUT2D eigenvalue weighted by Gasteiger charge is -2.26. The van der Waals surface area contributed by atoms with Crippen molar-refractivity contribution in [1.82, 2.24) is 0 Å². The molecule has 0 radical (unpaired) electrons. The number of ketones is 1. The maximum atomic E-state index is 13.6. The molecule has 0 aromatic heterocycles. The van der Waals surface area contributed by atoms with E-state index in [0.29, 0.717) is 30.1 Å². The summed E-state index contributed by atoms with van der Waals surface area (Å²) in [5.41, 5.74) is 1.71. The van der Waals surface area contributed by atoms with Gasteiger partial charge in [-0.15, -0.1) is 0 Å². The fourth-order valence-corrected chi connectivity index (χ4v) is 2.24. The van der Waals surface area contributed by atoms with E-state index in [1.54, 1.807) is 13.0 Å². The van der Waals surface area contributed by atoms with Gasteiger partial charge in [0.2, 0.25) is 0 Å². The molecule has 0 atom stereocenters. The molecule has 0 heterocycles. The van der Waals surface area contributed by atoms with Gasteiger partial charge in [-0.2, -0.15) is 5.26 Å². The van der Waals surface area contributed by atoms with E-state index in [9.17, 15) is 9.18 Å². The average Bonchev–Trinajstić information content (AvgIpc) is 3.17. The number of nitrogens with zero attached hydrogens (tertiary/aromatic N) is 2. The first-order valence-corrected chi connectivity index (χ1v) is 6.49. The van der Waals surface area contributed by atoms with Gasteiger partial charge in [0.25, 0.3) is 0 Å². The van der Waals surface area contributed by atoms with Crippen LogP contribution in [0.3, 0.4) is 0 Å². The highest BCUT2D eigenvalue weighted by Gasteiger charge is 2.31. The van der Waals surface area contributed by atoms with Crippen LogP contribution in [-0.4, -0.2) is 18.4 Å². The Morgan fingerprint density at radius 1 is 1.53 bits per heavy atom. The molecule has 2 rings (SSSR count). The summed E-state index contributed by atoms with van der Waals surface area (Å²) in [5.74, 6) is -0.499. The summed E-state index contributed by atoms with van der Waals surface area (Å²) < 4.78 is 13.6. The van der Waals surface area contributed by atoms with Crippen molar-refractivity contribution in [3.8, 4) is 6.07 Å². The molecule has 1 aliphatic carbocycles. The lowest BCUT2D eigenvalue weighted by molar-refractivity contribution is 0.101. The number of halogens is 1. The highest BCUT2D eigenvalue weighted by atomic mass is 19.1. The zero-order chi connectivity index (χ0) is 14.0. The van der Waals surface area contributed by atoms with Crippen LogP contribution in [0.4, 0.5) is 10.1 Å². The molecule has 1 aromatic carbocycles. The van der Waals surface area contributed by atoms with Crippen LogP contribution >= 0.6 is 0 Å². The Labute approximate surface area is 112 Å². The van der Waals surface area contributed by atoms with Crippen molar-refractivity contribution in [2.45, 2.75) is 39.2 Å². The summed E-state index contributed by atoms with van der Waals surface area (Å²) in [5, 5.41) is 8.74. The van der Waals surface area contributed by atoms with Crippen LogP contribution < -0.4 is 4.90 Å². The zero-order valence-electron chi connectivity index (χ0n) is 11.2. The third-order valence-electron chi connectivity index (χ3n) is 3.42. The highest BCUT2D eigenvalue weighted by molar-refractivity contribution is 6.00. The van der Waals surface area contributed by atoms with Crippen LogP contribution in [0.1, 0.15) is 42.1 Å². The Balaban J connectivity index is 2.42. The molecule has 100 valence electrons. The molecule has 19 heavy (non-hydrogen) atoms. The van der Waals surface area contributed by atoms with E-state index in [1.807, 2.05) is 0 Å². The summed E-state index contributed by atoms with van der Waals surface area (Å²) in [7, 11) is 0. The standard InChI is InChI=1S/C15H17FN2O/c1-10-8-15(13(11(2)19)9-14(10)16)18(7-3-6-17)12-4-5-12/h8-9,12H,3-5,7H2,1-2H3. The van der Waals surface area contributed by atoms with Crippen LogP contribution in [0.25, 0.3) is 0 Å². The minimum absolute atomic E-state index is 0.142. The smallest absolute Gasteiger partial charge is 0.161 e. The topological polar surface area (TPSA) is 44.1 Å².